The molecule has 2 nitrogen and oxygen atoms in total. The molecular formula is C13H17F4NOS. The quantitative estimate of drug-likeness (QED) is 0.677. The summed E-state index contributed by atoms with van der Waals surface area (Å²) in [6.07, 6.45) is -4.58. The highest BCUT2D eigenvalue weighted by molar-refractivity contribution is 7.90. The molecule has 0 aliphatic carbocycles. The molecule has 0 amide bonds. The van der Waals surface area contributed by atoms with Crippen LogP contribution in [-0.4, -0.2) is 9.30 Å². The second kappa shape index (κ2) is 5.91. The van der Waals surface area contributed by atoms with E-state index in [4.69, 9.17) is 0 Å². The van der Waals surface area contributed by atoms with Gasteiger partial charge >= 0.3 is 6.18 Å². The minimum absolute atomic E-state index is 0.0515. The van der Waals surface area contributed by atoms with Gasteiger partial charge in [0, 0.05) is 16.9 Å². The number of nitrogens with one attached hydrogen (secondary N) is 1. The fraction of sp³-hybridized carbons (Fsp3) is 0.538. The minimum atomic E-state index is -4.58. The van der Waals surface area contributed by atoms with E-state index in [0.29, 0.717) is 6.07 Å². The molecule has 2 atom stereocenters. The molecule has 0 unspecified atom stereocenters. The molecule has 20 heavy (non-hydrogen) atoms. The van der Waals surface area contributed by atoms with Crippen molar-refractivity contribution < 1.29 is 22.1 Å². The van der Waals surface area contributed by atoms with E-state index in [0.717, 1.165) is 12.1 Å². The zero-order valence-electron chi connectivity index (χ0n) is 11.6. The normalized spacial score (nSPS) is 16.1. The highest BCUT2D eigenvalue weighted by atomic mass is 32.2. The monoisotopic (exact) mass is 311 g/mol. The molecule has 1 aromatic carbocycles. The van der Waals surface area contributed by atoms with Crippen LogP contribution in [0, 0.1) is 5.82 Å². The molecular weight excluding hydrogens is 294 g/mol. The van der Waals surface area contributed by atoms with Crippen molar-refractivity contribution in [1.82, 2.24) is 4.72 Å². The zero-order chi connectivity index (χ0) is 15.7. The zero-order valence-corrected chi connectivity index (χ0v) is 12.5. The molecule has 0 heterocycles. The average molecular weight is 311 g/mol. The van der Waals surface area contributed by atoms with Crippen LogP contribution in [0.15, 0.2) is 18.2 Å². The van der Waals surface area contributed by atoms with Crippen molar-refractivity contribution in [2.24, 2.45) is 0 Å². The van der Waals surface area contributed by atoms with Crippen LogP contribution in [0.1, 0.15) is 44.9 Å². The minimum Gasteiger partial charge on any atom is -0.598 e. The van der Waals surface area contributed by atoms with Crippen molar-refractivity contribution in [3.05, 3.63) is 35.1 Å². The summed E-state index contributed by atoms with van der Waals surface area (Å²) in [5.41, 5.74) is -0.988. The highest BCUT2D eigenvalue weighted by Gasteiger charge is 2.33. The predicted octanol–water partition coefficient (Wildman–Crippen LogP) is 3.96. The summed E-state index contributed by atoms with van der Waals surface area (Å²) in [7, 11) is 0. The molecule has 0 fully saturated rings. The number of hydrogen-bond acceptors (Lipinski definition) is 2. The molecule has 0 aliphatic heterocycles. The van der Waals surface area contributed by atoms with E-state index in [1.807, 2.05) is 0 Å². The van der Waals surface area contributed by atoms with Gasteiger partial charge in [-0.15, -0.1) is 4.72 Å². The second-order valence-electron chi connectivity index (χ2n) is 5.45. The third-order valence-electron chi connectivity index (χ3n) is 2.63. The molecule has 1 aromatic rings. The van der Waals surface area contributed by atoms with Crippen LogP contribution in [0.5, 0.6) is 0 Å². The lowest BCUT2D eigenvalue weighted by Gasteiger charge is -2.26. The molecule has 7 heteroatoms. The highest BCUT2D eigenvalue weighted by Crippen LogP contribution is 2.31. The van der Waals surface area contributed by atoms with Crippen molar-refractivity contribution in [2.45, 2.75) is 44.7 Å². The molecule has 0 bridgehead atoms. The Morgan fingerprint density at radius 1 is 1.20 bits per heavy atom. The van der Waals surface area contributed by atoms with Crippen molar-refractivity contribution >= 4 is 11.4 Å². The third-order valence-corrected chi connectivity index (χ3v) is 4.31. The maximum atomic E-state index is 13.7. The van der Waals surface area contributed by atoms with Gasteiger partial charge in [0.1, 0.15) is 10.6 Å². The van der Waals surface area contributed by atoms with Crippen LogP contribution in [-0.2, 0) is 17.5 Å². The fourth-order valence-electron chi connectivity index (χ4n) is 1.46. The Morgan fingerprint density at radius 3 is 2.15 bits per heavy atom. The van der Waals surface area contributed by atoms with Gasteiger partial charge in [-0.2, -0.15) is 13.2 Å². The summed E-state index contributed by atoms with van der Waals surface area (Å²) in [6.45, 7) is 6.78. The molecule has 1 rings (SSSR count). The van der Waals surface area contributed by atoms with Crippen LogP contribution < -0.4 is 4.72 Å². The van der Waals surface area contributed by atoms with E-state index in [2.05, 4.69) is 4.72 Å². The molecule has 0 radical (unpaired) electrons. The number of benzene rings is 1. The fourth-order valence-corrected chi connectivity index (χ4v) is 2.26. The molecule has 0 aromatic heterocycles. The Hall–Kier alpha value is -0.790. The summed E-state index contributed by atoms with van der Waals surface area (Å²) < 4.78 is 65.1. The molecule has 0 spiro atoms. The smallest absolute Gasteiger partial charge is 0.416 e. The van der Waals surface area contributed by atoms with E-state index >= 15 is 0 Å². The number of halogens is 4. The van der Waals surface area contributed by atoms with Gasteiger partial charge < -0.3 is 4.55 Å². The first kappa shape index (κ1) is 17.3. The van der Waals surface area contributed by atoms with Gasteiger partial charge in [-0.05, 0) is 39.8 Å². The number of hydrogen-bond donors (Lipinski definition) is 1. The van der Waals surface area contributed by atoms with Crippen LogP contribution in [0.2, 0.25) is 0 Å². The van der Waals surface area contributed by atoms with E-state index in [1.165, 1.54) is 0 Å². The Bertz CT molecular complexity index is 470. The molecule has 114 valence electrons. The molecule has 1 N–H and O–H groups in total. The standard InChI is InChI=1S/C13H17F4NOS/c1-8(18-20(19)12(2,3)4)10-6-5-9(7-11(10)14)13(15,16)17/h5-8,18H,1-4H3/t8-,20-/m0/s1. The Labute approximate surface area is 118 Å². The lowest BCUT2D eigenvalue weighted by atomic mass is 10.1. The van der Waals surface area contributed by atoms with Crippen LogP contribution in [0.25, 0.3) is 0 Å². The summed E-state index contributed by atoms with van der Waals surface area (Å²) in [6, 6.07) is 1.68. The molecule has 0 saturated heterocycles. The van der Waals surface area contributed by atoms with E-state index in [-0.39, 0.29) is 5.56 Å². The van der Waals surface area contributed by atoms with Gasteiger partial charge in [-0.1, -0.05) is 6.07 Å². The molecule has 0 aliphatic rings. The van der Waals surface area contributed by atoms with Gasteiger partial charge in [-0.3, -0.25) is 0 Å². The summed E-state index contributed by atoms with van der Waals surface area (Å²) >= 11 is -1.44. The van der Waals surface area contributed by atoms with E-state index in [9.17, 15) is 22.1 Å². The van der Waals surface area contributed by atoms with Gasteiger partial charge in [0.25, 0.3) is 0 Å². The maximum Gasteiger partial charge on any atom is 0.416 e. The van der Waals surface area contributed by atoms with Crippen LogP contribution in [0.3, 0.4) is 0 Å². The van der Waals surface area contributed by atoms with Crippen molar-refractivity contribution in [1.29, 1.82) is 0 Å². The summed E-state index contributed by atoms with van der Waals surface area (Å²) in [5, 5.41) is 0. The van der Waals surface area contributed by atoms with E-state index in [1.54, 1.807) is 27.7 Å². The second-order valence-corrected chi connectivity index (χ2v) is 7.45. The maximum absolute atomic E-state index is 13.7. The van der Waals surface area contributed by atoms with Crippen LogP contribution in [0.4, 0.5) is 17.6 Å². The first-order valence-corrected chi connectivity index (χ1v) is 7.12. The summed E-state index contributed by atoms with van der Waals surface area (Å²) in [5.74, 6) is -0.967. The van der Waals surface area contributed by atoms with Gasteiger partial charge in [0.05, 0.1) is 11.6 Å². The van der Waals surface area contributed by atoms with Crippen molar-refractivity contribution in [3.63, 3.8) is 0 Å². The lowest BCUT2D eigenvalue weighted by Crippen LogP contribution is -2.40. The van der Waals surface area contributed by atoms with E-state index < -0.39 is 39.7 Å². The number of alkyl halides is 3. The third kappa shape index (κ3) is 4.36. The summed E-state index contributed by atoms with van der Waals surface area (Å²) in [4.78, 5) is 0. The van der Waals surface area contributed by atoms with Crippen molar-refractivity contribution in [2.75, 3.05) is 0 Å². The lowest BCUT2D eigenvalue weighted by molar-refractivity contribution is -0.137. The largest absolute Gasteiger partial charge is 0.598 e. The van der Waals surface area contributed by atoms with Crippen LogP contribution >= 0.6 is 0 Å². The predicted molar refractivity (Wildman–Crippen MR) is 70.8 cm³/mol. The molecule has 0 saturated carbocycles. The van der Waals surface area contributed by atoms with Gasteiger partial charge in [0.15, 0.2) is 0 Å². The Morgan fingerprint density at radius 2 is 1.75 bits per heavy atom. The topological polar surface area (TPSA) is 35.1 Å². The SMILES string of the molecule is C[C@H](N[S@@+]([O-])C(C)(C)C)c1ccc(C(F)(F)F)cc1F. The number of rotatable bonds is 3. The first-order valence-electron chi connectivity index (χ1n) is 5.97. The Balaban J connectivity index is 2.93. The first-order chi connectivity index (χ1) is 8.93. The van der Waals surface area contributed by atoms with Crippen molar-refractivity contribution in [3.8, 4) is 0 Å². The van der Waals surface area contributed by atoms with Gasteiger partial charge in [0.2, 0.25) is 0 Å². The Kier molecular flexibility index (Phi) is 5.10. The van der Waals surface area contributed by atoms with Gasteiger partial charge in [-0.25, -0.2) is 4.39 Å². The average Bonchev–Trinajstić information content (AvgIpc) is 2.25.